The van der Waals surface area contributed by atoms with Crippen LogP contribution >= 0.6 is 11.3 Å². The Labute approximate surface area is 157 Å². The third kappa shape index (κ3) is 4.53. The van der Waals surface area contributed by atoms with Crippen molar-refractivity contribution >= 4 is 17.4 Å². The summed E-state index contributed by atoms with van der Waals surface area (Å²) in [7, 11) is 0. The van der Waals surface area contributed by atoms with Crippen LogP contribution in [0.25, 0.3) is 0 Å². The van der Waals surface area contributed by atoms with E-state index >= 15 is 0 Å². The molecule has 3 heterocycles. The second-order valence-electron chi connectivity index (χ2n) is 6.78. The zero-order valence-corrected chi connectivity index (χ0v) is 15.4. The van der Waals surface area contributed by atoms with Crippen molar-refractivity contribution in [1.29, 1.82) is 0 Å². The van der Waals surface area contributed by atoms with E-state index in [4.69, 9.17) is 9.47 Å². The number of urea groups is 1. The molecule has 1 saturated carbocycles. The number of aromatic nitrogens is 1. The van der Waals surface area contributed by atoms with Gasteiger partial charge in [-0.1, -0.05) is 0 Å². The number of carbonyl (C=O) groups is 1. The van der Waals surface area contributed by atoms with Crippen LogP contribution in [0.2, 0.25) is 0 Å². The number of ether oxygens (including phenoxy) is 2. The molecule has 2 amide bonds. The van der Waals surface area contributed by atoms with Crippen LogP contribution in [0.1, 0.15) is 30.1 Å². The predicted molar refractivity (Wildman–Crippen MR) is 99.3 cm³/mol. The smallest absolute Gasteiger partial charge is 0.317 e. The molecule has 2 aromatic rings. The molecule has 0 bridgehead atoms. The molecule has 2 fully saturated rings. The van der Waals surface area contributed by atoms with Crippen molar-refractivity contribution in [3.63, 3.8) is 0 Å². The fourth-order valence-electron chi connectivity index (χ4n) is 2.91. The molecule has 7 heteroatoms. The molecular weight excluding hydrogens is 350 g/mol. The molecule has 1 aliphatic heterocycles. The highest BCUT2D eigenvalue weighted by atomic mass is 32.1. The number of hydrogen-bond donors (Lipinski definition) is 1. The lowest BCUT2D eigenvalue weighted by atomic mass is 10.1. The molecule has 2 aromatic heterocycles. The van der Waals surface area contributed by atoms with Crippen LogP contribution in [-0.4, -0.2) is 42.2 Å². The third-order valence-corrected chi connectivity index (χ3v) is 5.38. The van der Waals surface area contributed by atoms with Crippen molar-refractivity contribution in [2.45, 2.75) is 25.5 Å². The van der Waals surface area contributed by atoms with E-state index in [0.29, 0.717) is 38.0 Å². The molecule has 138 valence electrons. The first-order valence-corrected chi connectivity index (χ1v) is 9.96. The summed E-state index contributed by atoms with van der Waals surface area (Å²) < 4.78 is 11.5. The Kier molecular flexibility index (Phi) is 5.36. The third-order valence-electron chi connectivity index (χ3n) is 4.68. The van der Waals surface area contributed by atoms with Gasteiger partial charge in [-0.25, -0.2) is 9.78 Å². The van der Waals surface area contributed by atoms with E-state index in [-0.39, 0.29) is 12.1 Å². The second kappa shape index (κ2) is 8.05. The van der Waals surface area contributed by atoms with E-state index in [0.717, 1.165) is 17.7 Å². The first-order chi connectivity index (χ1) is 12.8. The zero-order valence-electron chi connectivity index (χ0n) is 14.6. The number of thiophene rings is 1. The van der Waals surface area contributed by atoms with Crippen molar-refractivity contribution in [3.05, 3.63) is 46.3 Å². The largest absolute Gasteiger partial charge is 0.477 e. The van der Waals surface area contributed by atoms with E-state index in [9.17, 15) is 4.79 Å². The SMILES string of the molecule is O=C(NCc1ccnc(OCC2CC2)c1)N1CCO[C@@H](c2ccsc2)C1. The Bertz CT molecular complexity index is 733. The molecule has 0 unspecified atom stereocenters. The molecule has 6 nitrogen and oxygen atoms in total. The lowest BCUT2D eigenvalue weighted by molar-refractivity contribution is -0.0152. The second-order valence-corrected chi connectivity index (χ2v) is 7.56. The standard InChI is InChI=1S/C19H23N3O3S/c23-19(22-6-7-24-17(11-22)16-4-8-26-13-16)21-10-15-3-5-20-18(9-15)25-12-14-1-2-14/h3-5,8-9,13-14,17H,1-2,6-7,10-12H2,(H,21,23)/t17-/m1/s1. The molecule has 2 aliphatic rings. The van der Waals surface area contributed by atoms with E-state index in [2.05, 4.69) is 21.7 Å². The first-order valence-electron chi connectivity index (χ1n) is 9.02. The van der Waals surface area contributed by atoms with Crippen LogP contribution < -0.4 is 10.1 Å². The van der Waals surface area contributed by atoms with Gasteiger partial charge in [-0.15, -0.1) is 0 Å². The number of rotatable bonds is 6. The molecular formula is C19H23N3O3S. The minimum Gasteiger partial charge on any atom is -0.477 e. The summed E-state index contributed by atoms with van der Waals surface area (Å²) in [4.78, 5) is 18.6. The van der Waals surface area contributed by atoms with Gasteiger partial charge in [0.1, 0.15) is 6.10 Å². The summed E-state index contributed by atoms with van der Waals surface area (Å²) in [6.45, 7) is 2.94. The van der Waals surface area contributed by atoms with Crippen molar-refractivity contribution in [2.75, 3.05) is 26.3 Å². The van der Waals surface area contributed by atoms with Gasteiger partial charge in [0, 0.05) is 25.4 Å². The van der Waals surface area contributed by atoms with Crippen LogP contribution in [0, 0.1) is 5.92 Å². The quantitative estimate of drug-likeness (QED) is 0.844. The summed E-state index contributed by atoms with van der Waals surface area (Å²) in [6.07, 6.45) is 4.19. The zero-order chi connectivity index (χ0) is 17.8. The van der Waals surface area contributed by atoms with Crippen molar-refractivity contribution < 1.29 is 14.3 Å². The van der Waals surface area contributed by atoms with Crippen LogP contribution in [0.4, 0.5) is 4.79 Å². The fraction of sp³-hybridized carbons (Fsp3) is 0.474. The maximum atomic E-state index is 12.5. The Morgan fingerprint density at radius 3 is 3.15 bits per heavy atom. The topological polar surface area (TPSA) is 63.7 Å². The highest BCUT2D eigenvalue weighted by Gasteiger charge is 2.25. The van der Waals surface area contributed by atoms with Gasteiger partial charge in [0.15, 0.2) is 0 Å². The van der Waals surface area contributed by atoms with Gasteiger partial charge in [-0.05, 0) is 52.8 Å². The predicted octanol–water partition coefficient (Wildman–Crippen LogP) is 3.22. The van der Waals surface area contributed by atoms with E-state index in [1.807, 2.05) is 22.4 Å². The van der Waals surface area contributed by atoms with Crippen molar-refractivity contribution in [1.82, 2.24) is 15.2 Å². The lowest BCUT2D eigenvalue weighted by Crippen LogP contribution is -2.46. The number of amides is 2. The Balaban J connectivity index is 1.28. The summed E-state index contributed by atoms with van der Waals surface area (Å²) in [6, 6.07) is 5.79. The summed E-state index contributed by atoms with van der Waals surface area (Å²) in [5, 5.41) is 7.10. The summed E-state index contributed by atoms with van der Waals surface area (Å²) in [5.74, 6) is 1.32. The minimum absolute atomic E-state index is 0.0379. The van der Waals surface area contributed by atoms with E-state index in [1.54, 1.807) is 17.5 Å². The monoisotopic (exact) mass is 373 g/mol. The van der Waals surface area contributed by atoms with Crippen LogP contribution in [0.15, 0.2) is 35.2 Å². The van der Waals surface area contributed by atoms with Crippen LogP contribution in [0.3, 0.4) is 0 Å². The molecule has 1 aliphatic carbocycles. The number of hydrogen-bond acceptors (Lipinski definition) is 5. The molecule has 0 aromatic carbocycles. The highest BCUT2D eigenvalue weighted by molar-refractivity contribution is 7.07. The van der Waals surface area contributed by atoms with Gasteiger partial charge in [0.25, 0.3) is 0 Å². The normalized spacial score (nSPS) is 20.0. The first kappa shape index (κ1) is 17.3. The Morgan fingerprint density at radius 1 is 1.42 bits per heavy atom. The lowest BCUT2D eigenvalue weighted by Gasteiger charge is -2.32. The molecule has 1 N–H and O–H groups in total. The molecule has 0 radical (unpaired) electrons. The van der Waals surface area contributed by atoms with Crippen LogP contribution in [-0.2, 0) is 11.3 Å². The maximum Gasteiger partial charge on any atom is 0.317 e. The fourth-order valence-corrected chi connectivity index (χ4v) is 3.61. The summed E-state index contributed by atoms with van der Waals surface area (Å²) >= 11 is 1.64. The van der Waals surface area contributed by atoms with Gasteiger partial charge in [0.05, 0.1) is 19.8 Å². The molecule has 26 heavy (non-hydrogen) atoms. The van der Waals surface area contributed by atoms with Crippen molar-refractivity contribution in [3.8, 4) is 5.88 Å². The maximum absolute atomic E-state index is 12.5. The number of nitrogens with one attached hydrogen (secondary N) is 1. The highest BCUT2D eigenvalue weighted by Crippen LogP contribution is 2.29. The number of pyridine rings is 1. The van der Waals surface area contributed by atoms with Gasteiger partial charge < -0.3 is 19.7 Å². The van der Waals surface area contributed by atoms with Crippen molar-refractivity contribution in [2.24, 2.45) is 5.92 Å². The average molecular weight is 373 g/mol. The molecule has 4 rings (SSSR count). The van der Waals surface area contributed by atoms with Gasteiger partial charge >= 0.3 is 6.03 Å². The molecule has 1 saturated heterocycles. The number of morpholine rings is 1. The Morgan fingerprint density at radius 2 is 2.35 bits per heavy atom. The van der Waals surface area contributed by atoms with E-state index < -0.39 is 0 Å². The molecule has 1 atom stereocenters. The van der Waals surface area contributed by atoms with Gasteiger partial charge in [0.2, 0.25) is 5.88 Å². The van der Waals surface area contributed by atoms with Gasteiger partial charge in [-0.3, -0.25) is 0 Å². The minimum atomic E-state index is -0.0641. The van der Waals surface area contributed by atoms with Gasteiger partial charge in [-0.2, -0.15) is 11.3 Å². The number of nitrogens with zero attached hydrogens (tertiary/aromatic N) is 2. The number of carbonyl (C=O) groups excluding carboxylic acids is 1. The Hall–Kier alpha value is -2.12. The summed E-state index contributed by atoms with van der Waals surface area (Å²) in [5.41, 5.74) is 2.13. The molecule has 0 spiro atoms. The van der Waals surface area contributed by atoms with Crippen LogP contribution in [0.5, 0.6) is 5.88 Å². The van der Waals surface area contributed by atoms with E-state index in [1.165, 1.54) is 12.8 Å². The average Bonchev–Trinajstić information content (AvgIpc) is 3.35.